The molecule has 98 valence electrons. The summed E-state index contributed by atoms with van der Waals surface area (Å²) in [5.41, 5.74) is 7.96. The number of anilines is 2. The van der Waals surface area contributed by atoms with Crippen LogP contribution in [0.3, 0.4) is 0 Å². The molecule has 0 bridgehead atoms. The molecule has 1 amide bonds. The number of nitrogens with one attached hydrogen (secondary N) is 1. The Kier molecular flexibility index (Phi) is 3.98. The standard InChI is InChI=1S/C14H12Cl2N2O/c1-8-10(3-2-4-11(8)15)14(19)18-9-5-6-12(16)13(17)7-9/h2-7H,17H2,1H3,(H,18,19). The van der Waals surface area contributed by atoms with E-state index in [4.69, 9.17) is 28.9 Å². The first-order valence-electron chi connectivity index (χ1n) is 5.60. The molecule has 0 radical (unpaired) electrons. The summed E-state index contributed by atoms with van der Waals surface area (Å²) in [6, 6.07) is 10.1. The van der Waals surface area contributed by atoms with Crippen LogP contribution in [-0.4, -0.2) is 5.91 Å². The number of halogens is 2. The van der Waals surface area contributed by atoms with Crippen LogP contribution in [0.2, 0.25) is 10.0 Å². The maximum Gasteiger partial charge on any atom is 0.255 e. The van der Waals surface area contributed by atoms with E-state index in [1.54, 1.807) is 43.3 Å². The van der Waals surface area contributed by atoms with Crippen molar-refractivity contribution in [2.75, 3.05) is 11.1 Å². The minimum Gasteiger partial charge on any atom is -0.397 e. The van der Waals surface area contributed by atoms with Crippen LogP contribution in [0, 0.1) is 6.92 Å². The van der Waals surface area contributed by atoms with Gasteiger partial charge in [-0.3, -0.25) is 4.79 Å². The van der Waals surface area contributed by atoms with Gasteiger partial charge in [-0.05, 0) is 42.8 Å². The van der Waals surface area contributed by atoms with Crippen molar-refractivity contribution in [3.8, 4) is 0 Å². The summed E-state index contributed by atoms with van der Waals surface area (Å²) in [4.78, 5) is 12.1. The van der Waals surface area contributed by atoms with E-state index < -0.39 is 0 Å². The summed E-state index contributed by atoms with van der Waals surface area (Å²) in [7, 11) is 0. The van der Waals surface area contributed by atoms with E-state index in [0.717, 1.165) is 5.56 Å². The molecule has 3 nitrogen and oxygen atoms in total. The number of hydrogen-bond acceptors (Lipinski definition) is 2. The molecule has 2 aromatic carbocycles. The summed E-state index contributed by atoms with van der Waals surface area (Å²) in [6.45, 7) is 1.80. The highest BCUT2D eigenvalue weighted by atomic mass is 35.5. The first kappa shape index (κ1) is 13.7. The van der Waals surface area contributed by atoms with Gasteiger partial charge in [-0.15, -0.1) is 0 Å². The van der Waals surface area contributed by atoms with Crippen molar-refractivity contribution in [1.82, 2.24) is 0 Å². The number of hydrogen-bond donors (Lipinski definition) is 2. The van der Waals surface area contributed by atoms with Gasteiger partial charge in [0.05, 0.1) is 10.7 Å². The highest BCUT2D eigenvalue weighted by Crippen LogP contribution is 2.24. The third-order valence-electron chi connectivity index (χ3n) is 2.77. The number of nitrogen functional groups attached to an aromatic ring is 1. The van der Waals surface area contributed by atoms with E-state index in [0.29, 0.717) is 27.0 Å². The Morgan fingerprint density at radius 1 is 1.16 bits per heavy atom. The highest BCUT2D eigenvalue weighted by molar-refractivity contribution is 6.33. The molecule has 0 atom stereocenters. The second-order valence-corrected chi connectivity index (χ2v) is 4.92. The van der Waals surface area contributed by atoms with Crippen LogP contribution in [0.1, 0.15) is 15.9 Å². The molecule has 0 fully saturated rings. The normalized spacial score (nSPS) is 10.3. The Bertz CT molecular complexity index is 641. The van der Waals surface area contributed by atoms with Gasteiger partial charge in [0.2, 0.25) is 0 Å². The quantitative estimate of drug-likeness (QED) is 0.818. The Morgan fingerprint density at radius 3 is 2.58 bits per heavy atom. The topological polar surface area (TPSA) is 55.1 Å². The second-order valence-electron chi connectivity index (χ2n) is 4.10. The van der Waals surface area contributed by atoms with Crippen LogP contribution < -0.4 is 11.1 Å². The lowest BCUT2D eigenvalue weighted by Crippen LogP contribution is -2.13. The molecule has 0 heterocycles. The van der Waals surface area contributed by atoms with Gasteiger partial charge < -0.3 is 11.1 Å². The molecule has 0 aliphatic carbocycles. The van der Waals surface area contributed by atoms with Gasteiger partial charge >= 0.3 is 0 Å². The maximum absolute atomic E-state index is 12.1. The third kappa shape index (κ3) is 3.00. The van der Waals surface area contributed by atoms with Gasteiger partial charge in [-0.1, -0.05) is 29.3 Å². The molecule has 2 aromatic rings. The van der Waals surface area contributed by atoms with Crippen LogP contribution in [0.4, 0.5) is 11.4 Å². The van der Waals surface area contributed by atoms with E-state index in [9.17, 15) is 4.79 Å². The van der Waals surface area contributed by atoms with E-state index >= 15 is 0 Å². The highest BCUT2D eigenvalue weighted by Gasteiger charge is 2.11. The lowest BCUT2D eigenvalue weighted by Gasteiger charge is -2.09. The fraction of sp³-hybridized carbons (Fsp3) is 0.0714. The van der Waals surface area contributed by atoms with Gasteiger partial charge in [0.25, 0.3) is 5.91 Å². The number of benzene rings is 2. The zero-order valence-corrected chi connectivity index (χ0v) is 11.7. The van der Waals surface area contributed by atoms with Gasteiger partial charge in [-0.2, -0.15) is 0 Å². The Balaban J connectivity index is 2.26. The van der Waals surface area contributed by atoms with Crippen molar-refractivity contribution in [3.63, 3.8) is 0 Å². The average Bonchev–Trinajstić information content (AvgIpc) is 2.37. The molecule has 0 saturated carbocycles. The van der Waals surface area contributed by atoms with Crippen molar-refractivity contribution >= 4 is 40.5 Å². The molecule has 0 aliphatic rings. The molecule has 5 heteroatoms. The van der Waals surface area contributed by atoms with E-state index in [2.05, 4.69) is 5.32 Å². The first-order chi connectivity index (χ1) is 8.99. The molecular weight excluding hydrogens is 283 g/mol. The Morgan fingerprint density at radius 2 is 1.89 bits per heavy atom. The SMILES string of the molecule is Cc1c(Cl)cccc1C(=O)Nc1ccc(Cl)c(N)c1. The molecule has 3 N–H and O–H groups in total. The molecular formula is C14H12Cl2N2O. The zero-order valence-electron chi connectivity index (χ0n) is 10.2. The summed E-state index contributed by atoms with van der Waals surface area (Å²) in [6.07, 6.45) is 0. The smallest absolute Gasteiger partial charge is 0.255 e. The van der Waals surface area contributed by atoms with E-state index in [1.807, 2.05) is 0 Å². The lowest BCUT2D eigenvalue weighted by molar-refractivity contribution is 0.102. The number of carbonyl (C=O) groups excluding carboxylic acids is 1. The van der Waals surface area contributed by atoms with Crippen molar-refractivity contribution in [2.24, 2.45) is 0 Å². The molecule has 0 saturated heterocycles. The summed E-state index contributed by atoms with van der Waals surface area (Å²) < 4.78 is 0. The predicted octanol–water partition coefficient (Wildman–Crippen LogP) is 4.14. The molecule has 2 rings (SSSR count). The summed E-state index contributed by atoms with van der Waals surface area (Å²) >= 11 is 11.8. The third-order valence-corrected chi connectivity index (χ3v) is 3.52. The molecule has 0 aliphatic heterocycles. The molecule has 0 unspecified atom stereocenters. The summed E-state index contributed by atoms with van der Waals surface area (Å²) in [5, 5.41) is 3.77. The van der Waals surface area contributed by atoms with Gasteiger partial charge in [-0.25, -0.2) is 0 Å². The van der Waals surface area contributed by atoms with Crippen molar-refractivity contribution in [1.29, 1.82) is 0 Å². The Labute approximate surface area is 121 Å². The van der Waals surface area contributed by atoms with Gasteiger partial charge in [0.1, 0.15) is 0 Å². The molecule has 0 aromatic heterocycles. The van der Waals surface area contributed by atoms with Gasteiger partial charge in [0, 0.05) is 16.3 Å². The van der Waals surface area contributed by atoms with Crippen LogP contribution in [0.15, 0.2) is 36.4 Å². The fourth-order valence-corrected chi connectivity index (χ4v) is 1.97. The minimum absolute atomic E-state index is 0.235. The largest absolute Gasteiger partial charge is 0.397 e. The second kappa shape index (κ2) is 5.51. The zero-order chi connectivity index (χ0) is 14.0. The van der Waals surface area contributed by atoms with E-state index in [-0.39, 0.29) is 5.91 Å². The van der Waals surface area contributed by atoms with Crippen LogP contribution >= 0.6 is 23.2 Å². The Hall–Kier alpha value is -1.71. The fourth-order valence-electron chi connectivity index (χ4n) is 1.67. The van der Waals surface area contributed by atoms with Crippen LogP contribution in [0.5, 0.6) is 0 Å². The predicted molar refractivity (Wildman–Crippen MR) is 80.0 cm³/mol. The average molecular weight is 295 g/mol. The van der Waals surface area contributed by atoms with Crippen molar-refractivity contribution < 1.29 is 4.79 Å². The number of amides is 1. The monoisotopic (exact) mass is 294 g/mol. The molecule has 0 spiro atoms. The first-order valence-corrected chi connectivity index (χ1v) is 6.36. The lowest BCUT2D eigenvalue weighted by atomic mass is 10.1. The number of rotatable bonds is 2. The molecule has 19 heavy (non-hydrogen) atoms. The number of nitrogens with two attached hydrogens (primary N) is 1. The number of carbonyl (C=O) groups is 1. The van der Waals surface area contributed by atoms with Crippen LogP contribution in [0.25, 0.3) is 0 Å². The van der Waals surface area contributed by atoms with Gasteiger partial charge in [0.15, 0.2) is 0 Å². The van der Waals surface area contributed by atoms with Crippen molar-refractivity contribution in [2.45, 2.75) is 6.92 Å². The minimum atomic E-state index is -0.235. The van der Waals surface area contributed by atoms with E-state index in [1.165, 1.54) is 0 Å². The van der Waals surface area contributed by atoms with Crippen molar-refractivity contribution in [3.05, 3.63) is 57.6 Å². The maximum atomic E-state index is 12.1. The summed E-state index contributed by atoms with van der Waals surface area (Å²) in [5.74, 6) is -0.235. The van der Waals surface area contributed by atoms with Crippen LogP contribution in [-0.2, 0) is 0 Å².